The Morgan fingerprint density at radius 2 is 2.22 bits per heavy atom. The second kappa shape index (κ2) is 7.09. The van der Waals surface area contributed by atoms with Crippen molar-refractivity contribution >= 4 is 17.9 Å². The van der Waals surface area contributed by atoms with Crippen LogP contribution in [-0.4, -0.2) is 29.0 Å². The highest BCUT2D eigenvalue weighted by Crippen LogP contribution is 2.16. The fraction of sp³-hybridized carbons (Fsp3) is 0.353. The number of aromatic nitrogens is 2. The topological polar surface area (TPSA) is 71.3 Å². The molecule has 3 heterocycles. The fourth-order valence-corrected chi connectivity index (χ4v) is 2.55. The number of furan rings is 1. The number of nitrogens with zero attached hydrogens (tertiary/aromatic N) is 3. The van der Waals surface area contributed by atoms with Crippen LogP contribution >= 0.6 is 0 Å². The number of rotatable bonds is 5. The maximum absolute atomic E-state index is 11.8. The quantitative estimate of drug-likeness (QED) is 0.858. The molecule has 2 aromatic rings. The van der Waals surface area contributed by atoms with Gasteiger partial charge in [-0.15, -0.1) is 0 Å². The van der Waals surface area contributed by atoms with Gasteiger partial charge in [-0.3, -0.25) is 4.79 Å². The first kappa shape index (κ1) is 15.3. The van der Waals surface area contributed by atoms with E-state index in [0.717, 1.165) is 30.4 Å². The standard InChI is InChI=1S/C17H20N4O2/c1-13-11-14(20-17(19-13)21-8-2-3-9-21)12-18-16(22)7-6-15-5-4-10-23-15/h4-7,10-11H,2-3,8-9,12H2,1H3,(H,18,22)/b7-6+. The van der Waals surface area contributed by atoms with Gasteiger partial charge in [-0.2, -0.15) is 0 Å². The van der Waals surface area contributed by atoms with Crippen molar-refractivity contribution in [2.45, 2.75) is 26.3 Å². The lowest BCUT2D eigenvalue weighted by molar-refractivity contribution is -0.116. The smallest absolute Gasteiger partial charge is 0.244 e. The zero-order chi connectivity index (χ0) is 16.1. The normalized spacial score (nSPS) is 14.6. The van der Waals surface area contributed by atoms with E-state index in [4.69, 9.17) is 4.42 Å². The number of hydrogen-bond acceptors (Lipinski definition) is 5. The molecule has 0 radical (unpaired) electrons. The average Bonchev–Trinajstić information content (AvgIpc) is 3.23. The van der Waals surface area contributed by atoms with E-state index in [1.807, 2.05) is 13.0 Å². The molecule has 0 saturated carbocycles. The molecule has 1 saturated heterocycles. The van der Waals surface area contributed by atoms with Crippen LogP contribution in [0.2, 0.25) is 0 Å². The summed E-state index contributed by atoms with van der Waals surface area (Å²) < 4.78 is 5.14. The zero-order valence-corrected chi connectivity index (χ0v) is 13.2. The molecule has 120 valence electrons. The number of anilines is 1. The van der Waals surface area contributed by atoms with Gasteiger partial charge in [0.05, 0.1) is 18.5 Å². The molecule has 6 heteroatoms. The van der Waals surface area contributed by atoms with Crippen molar-refractivity contribution in [2.75, 3.05) is 18.0 Å². The Morgan fingerprint density at radius 1 is 1.39 bits per heavy atom. The van der Waals surface area contributed by atoms with Crippen molar-refractivity contribution in [1.29, 1.82) is 0 Å². The maximum Gasteiger partial charge on any atom is 0.244 e. The van der Waals surface area contributed by atoms with Crippen LogP contribution in [0.3, 0.4) is 0 Å². The van der Waals surface area contributed by atoms with Gasteiger partial charge in [-0.05, 0) is 44.0 Å². The number of nitrogens with one attached hydrogen (secondary N) is 1. The monoisotopic (exact) mass is 312 g/mol. The fourth-order valence-electron chi connectivity index (χ4n) is 2.55. The Hall–Kier alpha value is -2.63. The van der Waals surface area contributed by atoms with E-state index in [9.17, 15) is 4.79 Å². The lowest BCUT2D eigenvalue weighted by atomic mass is 10.3. The Bertz CT molecular complexity index is 689. The summed E-state index contributed by atoms with van der Waals surface area (Å²) >= 11 is 0. The number of amides is 1. The molecule has 1 aliphatic rings. The van der Waals surface area contributed by atoms with Crippen LogP contribution in [0.1, 0.15) is 30.0 Å². The summed E-state index contributed by atoms with van der Waals surface area (Å²) in [6, 6.07) is 5.47. The summed E-state index contributed by atoms with van der Waals surface area (Å²) in [6.07, 6.45) is 7.02. The zero-order valence-electron chi connectivity index (χ0n) is 13.2. The van der Waals surface area contributed by atoms with Crippen LogP contribution in [0.5, 0.6) is 0 Å². The Labute approximate surface area is 135 Å². The highest BCUT2D eigenvalue weighted by atomic mass is 16.3. The third kappa shape index (κ3) is 4.18. The van der Waals surface area contributed by atoms with E-state index in [1.165, 1.54) is 18.9 Å². The number of carbonyl (C=O) groups is 1. The maximum atomic E-state index is 11.8. The third-order valence-electron chi connectivity index (χ3n) is 3.67. The van der Waals surface area contributed by atoms with E-state index in [2.05, 4.69) is 20.2 Å². The van der Waals surface area contributed by atoms with Gasteiger partial charge in [0.15, 0.2) is 0 Å². The summed E-state index contributed by atoms with van der Waals surface area (Å²) in [7, 11) is 0. The SMILES string of the molecule is Cc1cc(CNC(=O)/C=C/c2ccco2)nc(N2CCCC2)n1. The molecule has 0 bridgehead atoms. The summed E-state index contributed by atoms with van der Waals surface area (Å²) in [5.74, 6) is 1.23. The lowest BCUT2D eigenvalue weighted by Crippen LogP contribution is -2.24. The summed E-state index contributed by atoms with van der Waals surface area (Å²) in [5.41, 5.74) is 1.73. The lowest BCUT2D eigenvalue weighted by Gasteiger charge is -2.16. The van der Waals surface area contributed by atoms with E-state index >= 15 is 0 Å². The van der Waals surface area contributed by atoms with Gasteiger partial charge in [-0.25, -0.2) is 9.97 Å². The van der Waals surface area contributed by atoms with E-state index in [1.54, 1.807) is 24.5 Å². The summed E-state index contributed by atoms with van der Waals surface area (Å²) in [4.78, 5) is 23.1. The van der Waals surface area contributed by atoms with E-state index < -0.39 is 0 Å². The molecule has 0 spiro atoms. The van der Waals surface area contributed by atoms with Crippen molar-refractivity contribution in [1.82, 2.24) is 15.3 Å². The first-order valence-electron chi connectivity index (χ1n) is 7.79. The predicted molar refractivity (Wildman–Crippen MR) is 87.8 cm³/mol. The van der Waals surface area contributed by atoms with E-state index in [-0.39, 0.29) is 5.91 Å². The van der Waals surface area contributed by atoms with Crippen LogP contribution < -0.4 is 10.2 Å². The molecule has 1 amide bonds. The van der Waals surface area contributed by atoms with Crippen molar-refractivity contribution in [3.63, 3.8) is 0 Å². The van der Waals surface area contributed by atoms with E-state index in [0.29, 0.717) is 12.3 Å². The third-order valence-corrected chi connectivity index (χ3v) is 3.67. The number of aryl methyl sites for hydroxylation is 1. The molecule has 23 heavy (non-hydrogen) atoms. The predicted octanol–water partition coefficient (Wildman–Crippen LogP) is 2.31. The molecule has 1 aliphatic heterocycles. The summed E-state index contributed by atoms with van der Waals surface area (Å²) in [5, 5.41) is 2.83. The Kier molecular flexibility index (Phi) is 4.71. The molecule has 2 aromatic heterocycles. The molecule has 1 N–H and O–H groups in total. The van der Waals surface area contributed by atoms with Crippen LogP contribution in [0.25, 0.3) is 6.08 Å². The molecule has 1 fully saturated rings. The molecule has 0 unspecified atom stereocenters. The highest BCUT2D eigenvalue weighted by molar-refractivity contribution is 5.91. The summed E-state index contributed by atoms with van der Waals surface area (Å²) in [6.45, 7) is 4.33. The Morgan fingerprint density at radius 3 is 2.96 bits per heavy atom. The van der Waals surface area contributed by atoms with Gasteiger partial charge in [0, 0.05) is 24.9 Å². The van der Waals surface area contributed by atoms with Gasteiger partial charge in [0.25, 0.3) is 0 Å². The molecule has 3 rings (SSSR count). The Balaban J connectivity index is 1.60. The first-order chi connectivity index (χ1) is 11.2. The average molecular weight is 312 g/mol. The first-order valence-corrected chi connectivity index (χ1v) is 7.79. The van der Waals surface area contributed by atoms with Gasteiger partial charge < -0.3 is 14.6 Å². The van der Waals surface area contributed by atoms with Gasteiger partial charge >= 0.3 is 0 Å². The van der Waals surface area contributed by atoms with Crippen LogP contribution in [-0.2, 0) is 11.3 Å². The van der Waals surface area contributed by atoms with Crippen molar-refractivity contribution in [3.05, 3.63) is 47.7 Å². The molecule has 0 aromatic carbocycles. The van der Waals surface area contributed by atoms with Gasteiger partial charge in [-0.1, -0.05) is 0 Å². The largest absolute Gasteiger partial charge is 0.465 e. The van der Waals surface area contributed by atoms with Gasteiger partial charge in [0.1, 0.15) is 5.76 Å². The molecular formula is C17H20N4O2. The van der Waals surface area contributed by atoms with Crippen molar-refractivity contribution < 1.29 is 9.21 Å². The minimum absolute atomic E-state index is 0.180. The van der Waals surface area contributed by atoms with Crippen molar-refractivity contribution in [3.8, 4) is 0 Å². The minimum Gasteiger partial charge on any atom is -0.465 e. The second-order valence-corrected chi connectivity index (χ2v) is 5.56. The number of hydrogen-bond donors (Lipinski definition) is 1. The minimum atomic E-state index is -0.180. The molecule has 6 nitrogen and oxygen atoms in total. The van der Waals surface area contributed by atoms with Crippen molar-refractivity contribution in [2.24, 2.45) is 0 Å². The van der Waals surface area contributed by atoms with Crippen LogP contribution in [0, 0.1) is 6.92 Å². The van der Waals surface area contributed by atoms with Gasteiger partial charge in [0.2, 0.25) is 11.9 Å². The van der Waals surface area contributed by atoms with Crippen LogP contribution in [0.4, 0.5) is 5.95 Å². The molecule has 0 aliphatic carbocycles. The number of carbonyl (C=O) groups excluding carboxylic acids is 1. The second-order valence-electron chi connectivity index (χ2n) is 5.56. The molecular weight excluding hydrogens is 292 g/mol. The van der Waals surface area contributed by atoms with Crippen LogP contribution in [0.15, 0.2) is 35.0 Å². The highest BCUT2D eigenvalue weighted by Gasteiger charge is 2.15. The molecule has 0 atom stereocenters.